The van der Waals surface area contributed by atoms with E-state index in [-0.39, 0.29) is 42.1 Å². The predicted molar refractivity (Wildman–Crippen MR) is 103 cm³/mol. The van der Waals surface area contributed by atoms with Gasteiger partial charge in [0.25, 0.3) is 0 Å². The maximum absolute atomic E-state index is 12.4. The van der Waals surface area contributed by atoms with E-state index in [1.807, 2.05) is 25.6 Å². The van der Waals surface area contributed by atoms with E-state index in [4.69, 9.17) is 0 Å². The standard InChI is InChI=1S/C17H30N4O.2ClH/c1-12(10-15-13(2)20-21(5)14(15)3)16(22)19-11-17(4)6-8-18-9-7-17;;/h12,18H,6-11H2,1-5H3,(H,19,22);2*1H. The lowest BCUT2D eigenvalue weighted by molar-refractivity contribution is -0.125. The van der Waals surface area contributed by atoms with Gasteiger partial charge in [-0.2, -0.15) is 5.10 Å². The molecule has 1 fully saturated rings. The first-order valence-electron chi connectivity index (χ1n) is 8.30. The van der Waals surface area contributed by atoms with E-state index < -0.39 is 0 Å². The Balaban J connectivity index is 0.00000264. The summed E-state index contributed by atoms with van der Waals surface area (Å²) in [7, 11) is 1.95. The number of aromatic nitrogens is 2. The minimum absolute atomic E-state index is 0. The van der Waals surface area contributed by atoms with Gasteiger partial charge in [0.2, 0.25) is 5.91 Å². The molecule has 0 saturated carbocycles. The fourth-order valence-electron chi connectivity index (χ4n) is 3.19. The molecule has 1 aromatic rings. The Kier molecular flexibility index (Phi) is 9.32. The molecule has 2 N–H and O–H groups in total. The number of hydrogen-bond donors (Lipinski definition) is 2. The maximum atomic E-state index is 12.4. The van der Waals surface area contributed by atoms with Crippen LogP contribution >= 0.6 is 24.8 Å². The average molecular weight is 379 g/mol. The number of piperidine rings is 1. The van der Waals surface area contributed by atoms with Crippen LogP contribution in [0.1, 0.15) is 43.6 Å². The largest absolute Gasteiger partial charge is 0.355 e. The number of halogens is 2. The summed E-state index contributed by atoms with van der Waals surface area (Å²) in [5, 5.41) is 11.0. The molecule has 140 valence electrons. The van der Waals surface area contributed by atoms with Gasteiger partial charge in [0.15, 0.2) is 0 Å². The number of amides is 1. The van der Waals surface area contributed by atoms with E-state index in [2.05, 4.69) is 29.6 Å². The number of hydrogen-bond acceptors (Lipinski definition) is 3. The lowest BCUT2D eigenvalue weighted by atomic mass is 9.81. The van der Waals surface area contributed by atoms with Gasteiger partial charge in [0, 0.05) is 25.2 Å². The Hall–Kier alpha value is -0.780. The highest BCUT2D eigenvalue weighted by Gasteiger charge is 2.28. The highest BCUT2D eigenvalue weighted by molar-refractivity contribution is 5.85. The first-order chi connectivity index (χ1) is 10.3. The van der Waals surface area contributed by atoms with Crippen molar-refractivity contribution in [1.82, 2.24) is 20.4 Å². The number of rotatable bonds is 5. The van der Waals surface area contributed by atoms with Gasteiger partial charge in [0.05, 0.1) is 5.69 Å². The molecule has 7 heteroatoms. The van der Waals surface area contributed by atoms with Crippen LogP contribution in [0, 0.1) is 25.2 Å². The number of carbonyl (C=O) groups is 1. The molecule has 5 nitrogen and oxygen atoms in total. The Labute approximate surface area is 158 Å². The van der Waals surface area contributed by atoms with Crippen molar-refractivity contribution in [1.29, 1.82) is 0 Å². The van der Waals surface area contributed by atoms with E-state index in [1.165, 1.54) is 5.56 Å². The van der Waals surface area contributed by atoms with Crippen molar-refractivity contribution >= 4 is 30.7 Å². The third-order valence-electron chi connectivity index (χ3n) is 5.12. The monoisotopic (exact) mass is 378 g/mol. The van der Waals surface area contributed by atoms with E-state index in [0.717, 1.165) is 50.3 Å². The van der Waals surface area contributed by atoms with E-state index >= 15 is 0 Å². The van der Waals surface area contributed by atoms with Crippen molar-refractivity contribution in [3.63, 3.8) is 0 Å². The van der Waals surface area contributed by atoms with Crippen LogP contribution in [0.5, 0.6) is 0 Å². The fraction of sp³-hybridized carbons (Fsp3) is 0.765. The van der Waals surface area contributed by atoms with Crippen LogP contribution in [-0.4, -0.2) is 35.3 Å². The fourth-order valence-corrected chi connectivity index (χ4v) is 3.19. The first-order valence-corrected chi connectivity index (χ1v) is 8.30. The normalized spacial score (nSPS) is 17.4. The summed E-state index contributed by atoms with van der Waals surface area (Å²) in [6.07, 6.45) is 3.01. The smallest absolute Gasteiger partial charge is 0.223 e. The van der Waals surface area contributed by atoms with Gasteiger partial charge in [-0.25, -0.2) is 0 Å². The van der Waals surface area contributed by atoms with Crippen molar-refractivity contribution < 1.29 is 4.79 Å². The summed E-state index contributed by atoms with van der Waals surface area (Å²) >= 11 is 0. The van der Waals surface area contributed by atoms with Crippen molar-refractivity contribution in [2.45, 2.75) is 47.0 Å². The van der Waals surface area contributed by atoms with Gasteiger partial charge < -0.3 is 10.6 Å². The number of nitrogens with zero attached hydrogens (tertiary/aromatic N) is 2. The molecule has 1 saturated heterocycles. The number of carbonyl (C=O) groups excluding carboxylic acids is 1. The summed E-state index contributed by atoms with van der Waals surface area (Å²) in [5.41, 5.74) is 3.63. The van der Waals surface area contributed by atoms with Crippen LogP contribution in [0.25, 0.3) is 0 Å². The first kappa shape index (κ1) is 23.2. The van der Waals surface area contributed by atoms with Gasteiger partial charge in [0.1, 0.15) is 0 Å². The molecular weight excluding hydrogens is 347 g/mol. The van der Waals surface area contributed by atoms with Crippen molar-refractivity contribution in [2.75, 3.05) is 19.6 Å². The molecule has 2 rings (SSSR count). The molecule has 1 aliphatic heterocycles. The van der Waals surface area contributed by atoms with Crippen molar-refractivity contribution in [3.05, 3.63) is 17.0 Å². The minimum Gasteiger partial charge on any atom is -0.355 e. The van der Waals surface area contributed by atoms with Gasteiger partial charge in [-0.1, -0.05) is 13.8 Å². The highest BCUT2D eigenvalue weighted by Crippen LogP contribution is 2.27. The van der Waals surface area contributed by atoms with Gasteiger partial charge >= 0.3 is 0 Å². The lowest BCUT2D eigenvalue weighted by Crippen LogP contribution is -2.44. The van der Waals surface area contributed by atoms with Gasteiger partial charge in [-0.3, -0.25) is 9.48 Å². The second-order valence-corrected chi connectivity index (χ2v) is 7.16. The van der Waals surface area contributed by atoms with Crippen LogP contribution in [0.4, 0.5) is 0 Å². The topological polar surface area (TPSA) is 59.0 Å². The Morgan fingerprint density at radius 2 is 1.92 bits per heavy atom. The molecule has 0 bridgehead atoms. The summed E-state index contributed by atoms with van der Waals surface area (Å²) in [6, 6.07) is 0. The zero-order chi connectivity index (χ0) is 16.3. The van der Waals surface area contributed by atoms with Crippen molar-refractivity contribution in [2.24, 2.45) is 18.4 Å². The molecular formula is C17H32Cl2N4O. The van der Waals surface area contributed by atoms with Gasteiger partial charge in [-0.15, -0.1) is 24.8 Å². The van der Waals surface area contributed by atoms with Gasteiger partial charge in [-0.05, 0) is 57.2 Å². The molecule has 0 aliphatic carbocycles. The van der Waals surface area contributed by atoms with Crippen LogP contribution in [-0.2, 0) is 18.3 Å². The van der Waals surface area contributed by atoms with E-state index in [1.54, 1.807) is 0 Å². The molecule has 2 heterocycles. The number of aryl methyl sites for hydroxylation is 2. The maximum Gasteiger partial charge on any atom is 0.223 e. The summed E-state index contributed by atoms with van der Waals surface area (Å²) in [4.78, 5) is 12.4. The van der Waals surface area contributed by atoms with Crippen LogP contribution in [0.3, 0.4) is 0 Å². The third kappa shape index (κ3) is 5.64. The molecule has 0 spiro atoms. The van der Waals surface area contributed by atoms with Crippen LogP contribution in [0.15, 0.2) is 0 Å². The number of nitrogens with one attached hydrogen (secondary N) is 2. The SMILES string of the molecule is Cc1nn(C)c(C)c1CC(C)C(=O)NCC1(C)CCNCC1.Cl.Cl. The Morgan fingerprint density at radius 3 is 2.42 bits per heavy atom. The molecule has 1 unspecified atom stereocenters. The summed E-state index contributed by atoms with van der Waals surface area (Å²) < 4.78 is 1.89. The summed E-state index contributed by atoms with van der Waals surface area (Å²) in [6.45, 7) is 11.2. The lowest BCUT2D eigenvalue weighted by Gasteiger charge is -2.34. The Bertz CT molecular complexity index is 539. The molecule has 1 atom stereocenters. The summed E-state index contributed by atoms with van der Waals surface area (Å²) in [5.74, 6) is 0.134. The molecule has 1 aliphatic rings. The zero-order valence-corrected chi connectivity index (χ0v) is 17.1. The van der Waals surface area contributed by atoms with E-state index in [0.29, 0.717) is 0 Å². The predicted octanol–water partition coefficient (Wildman–Crippen LogP) is 2.57. The second-order valence-electron chi connectivity index (χ2n) is 7.16. The average Bonchev–Trinajstić information content (AvgIpc) is 2.72. The molecule has 0 radical (unpaired) electrons. The molecule has 1 amide bonds. The van der Waals surface area contributed by atoms with Crippen LogP contribution < -0.4 is 10.6 Å². The van der Waals surface area contributed by atoms with E-state index in [9.17, 15) is 4.79 Å². The highest BCUT2D eigenvalue weighted by atomic mass is 35.5. The van der Waals surface area contributed by atoms with Crippen molar-refractivity contribution in [3.8, 4) is 0 Å². The minimum atomic E-state index is -0.0214. The third-order valence-corrected chi connectivity index (χ3v) is 5.12. The van der Waals surface area contributed by atoms with Crippen LogP contribution in [0.2, 0.25) is 0 Å². The zero-order valence-electron chi connectivity index (χ0n) is 15.4. The Morgan fingerprint density at radius 1 is 1.33 bits per heavy atom. The molecule has 24 heavy (non-hydrogen) atoms. The molecule has 0 aromatic carbocycles. The molecule has 1 aromatic heterocycles. The quantitative estimate of drug-likeness (QED) is 0.827. The second kappa shape index (κ2) is 9.64.